The van der Waals surface area contributed by atoms with Crippen LogP contribution in [0.15, 0.2) is 29.6 Å². The van der Waals surface area contributed by atoms with Gasteiger partial charge in [-0.25, -0.2) is 4.98 Å². The fourth-order valence-electron chi connectivity index (χ4n) is 2.53. The Labute approximate surface area is 138 Å². The summed E-state index contributed by atoms with van der Waals surface area (Å²) in [5, 5.41) is 5.23. The Bertz CT molecular complexity index is 744. The molecule has 120 valence electrons. The molecular formula is C16H17N3O3S. The lowest BCUT2D eigenvalue weighted by atomic mass is 10.1. The van der Waals surface area contributed by atoms with Crippen LogP contribution in [0.25, 0.3) is 0 Å². The summed E-state index contributed by atoms with van der Waals surface area (Å²) in [6.07, 6.45) is 0.202. The second-order valence-electron chi connectivity index (χ2n) is 5.39. The second kappa shape index (κ2) is 6.37. The molecule has 6 nitrogen and oxygen atoms in total. The Morgan fingerprint density at radius 1 is 1.48 bits per heavy atom. The highest BCUT2D eigenvalue weighted by molar-refractivity contribution is 7.13. The molecule has 2 heterocycles. The standard InChI is InChI=1S/C16H17N3O3S/c1-10-9-23-16(17-10)18-15(21)11-6-14(20)19(8-11)12-4-3-5-13(7-12)22-2/h3-5,7,9,11H,6,8H2,1-2H3,(H,17,18,21). The number of hydrogen-bond donors (Lipinski definition) is 1. The average Bonchev–Trinajstić information content (AvgIpc) is 3.13. The van der Waals surface area contributed by atoms with Crippen molar-refractivity contribution in [3.05, 3.63) is 35.3 Å². The lowest BCUT2D eigenvalue weighted by Crippen LogP contribution is -2.28. The highest BCUT2D eigenvalue weighted by Crippen LogP contribution is 2.28. The van der Waals surface area contributed by atoms with E-state index in [2.05, 4.69) is 10.3 Å². The largest absolute Gasteiger partial charge is 0.497 e. The lowest BCUT2D eigenvalue weighted by Gasteiger charge is -2.17. The van der Waals surface area contributed by atoms with Crippen molar-refractivity contribution in [1.29, 1.82) is 0 Å². The molecule has 23 heavy (non-hydrogen) atoms. The molecule has 0 radical (unpaired) electrons. The van der Waals surface area contributed by atoms with Crippen molar-refractivity contribution in [3.63, 3.8) is 0 Å². The molecular weight excluding hydrogens is 314 g/mol. The van der Waals surface area contributed by atoms with Crippen molar-refractivity contribution in [2.45, 2.75) is 13.3 Å². The zero-order valence-corrected chi connectivity index (χ0v) is 13.7. The van der Waals surface area contributed by atoms with Gasteiger partial charge in [0.25, 0.3) is 0 Å². The number of aromatic nitrogens is 1. The van der Waals surface area contributed by atoms with Gasteiger partial charge in [-0.05, 0) is 19.1 Å². The topological polar surface area (TPSA) is 71.5 Å². The number of rotatable bonds is 4. The quantitative estimate of drug-likeness (QED) is 0.934. The van der Waals surface area contributed by atoms with Crippen LogP contribution in [-0.2, 0) is 9.59 Å². The summed E-state index contributed by atoms with van der Waals surface area (Å²) in [4.78, 5) is 30.4. The van der Waals surface area contributed by atoms with Crippen molar-refractivity contribution >= 4 is 34.0 Å². The fraction of sp³-hybridized carbons (Fsp3) is 0.312. The van der Waals surface area contributed by atoms with Crippen LogP contribution in [0.5, 0.6) is 5.75 Å². The summed E-state index contributed by atoms with van der Waals surface area (Å²) in [7, 11) is 1.58. The highest BCUT2D eigenvalue weighted by atomic mass is 32.1. The number of amides is 2. The van der Waals surface area contributed by atoms with E-state index in [1.54, 1.807) is 18.1 Å². The number of nitrogens with one attached hydrogen (secondary N) is 1. The molecule has 1 aromatic heterocycles. The minimum atomic E-state index is -0.377. The SMILES string of the molecule is COc1cccc(N2CC(C(=O)Nc3nc(C)cs3)CC2=O)c1. The third kappa shape index (κ3) is 3.34. The number of carbonyl (C=O) groups is 2. The molecule has 7 heteroatoms. The van der Waals surface area contributed by atoms with E-state index in [0.717, 1.165) is 11.4 Å². The Morgan fingerprint density at radius 3 is 3.00 bits per heavy atom. The molecule has 2 aromatic rings. The zero-order valence-electron chi connectivity index (χ0n) is 12.9. The summed E-state index contributed by atoms with van der Waals surface area (Å²) >= 11 is 1.38. The molecule has 1 saturated heterocycles. The predicted octanol–water partition coefficient (Wildman–Crippen LogP) is 2.45. The molecule has 1 unspecified atom stereocenters. The van der Waals surface area contributed by atoms with Crippen LogP contribution < -0.4 is 15.0 Å². The average molecular weight is 331 g/mol. The molecule has 1 fully saturated rings. The normalized spacial score (nSPS) is 17.4. The van der Waals surface area contributed by atoms with Crippen molar-refractivity contribution < 1.29 is 14.3 Å². The van der Waals surface area contributed by atoms with Gasteiger partial charge in [-0.15, -0.1) is 11.3 Å². The van der Waals surface area contributed by atoms with Gasteiger partial charge in [0.05, 0.1) is 18.7 Å². The van der Waals surface area contributed by atoms with Crippen LogP contribution in [0, 0.1) is 12.8 Å². The number of aryl methyl sites for hydroxylation is 1. The van der Waals surface area contributed by atoms with Gasteiger partial charge < -0.3 is 15.0 Å². The molecule has 1 atom stereocenters. The maximum atomic E-state index is 12.3. The van der Waals surface area contributed by atoms with Crippen LogP contribution in [0.2, 0.25) is 0 Å². The highest BCUT2D eigenvalue weighted by Gasteiger charge is 2.35. The number of methoxy groups -OCH3 is 1. The Kier molecular flexibility index (Phi) is 4.29. The Balaban J connectivity index is 1.70. The maximum Gasteiger partial charge on any atom is 0.231 e. The maximum absolute atomic E-state index is 12.3. The summed E-state index contributed by atoms with van der Waals surface area (Å²) in [6, 6.07) is 7.28. The zero-order chi connectivity index (χ0) is 16.4. The number of benzene rings is 1. The number of anilines is 2. The summed E-state index contributed by atoms with van der Waals surface area (Å²) in [5.74, 6) is 0.0752. The molecule has 0 bridgehead atoms. The first-order valence-electron chi connectivity index (χ1n) is 7.24. The first kappa shape index (κ1) is 15.5. The van der Waals surface area contributed by atoms with Gasteiger partial charge in [-0.2, -0.15) is 0 Å². The van der Waals surface area contributed by atoms with Gasteiger partial charge >= 0.3 is 0 Å². The Hall–Kier alpha value is -2.41. The van der Waals surface area contributed by atoms with Gasteiger partial charge in [-0.1, -0.05) is 6.07 Å². The van der Waals surface area contributed by atoms with E-state index in [1.165, 1.54) is 11.3 Å². The van der Waals surface area contributed by atoms with E-state index in [9.17, 15) is 9.59 Å². The van der Waals surface area contributed by atoms with Crippen LogP contribution in [-0.4, -0.2) is 30.5 Å². The van der Waals surface area contributed by atoms with Gasteiger partial charge in [0.15, 0.2) is 5.13 Å². The molecule has 2 amide bonds. The summed E-state index contributed by atoms with van der Waals surface area (Å²) in [5.41, 5.74) is 1.61. The van der Waals surface area contributed by atoms with Gasteiger partial charge in [0.2, 0.25) is 11.8 Å². The lowest BCUT2D eigenvalue weighted by molar-refractivity contribution is -0.122. The number of carbonyl (C=O) groups excluding carboxylic acids is 2. The second-order valence-corrected chi connectivity index (χ2v) is 6.25. The molecule has 0 aliphatic carbocycles. The number of ether oxygens (including phenoxy) is 1. The molecule has 1 aliphatic heterocycles. The van der Waals surface area contributed by atoms with Gasteiger partial charge in [-0.3, -0.25) is 9.59 Å². The summed E-state index contributed by atoms with van der Waals surface area (Å²) < 4.78 is 5.18. The van der Waals surface area contributed by atoms with E-state index < -0.39 is 0 Å². The van der Waals surface area contributed by atoms with Crippen molar-refractivity contribution in [2.24, 2.45) is 5.92 Å². The van der Waals surface area contributed by atoms with Crippen molar-refractivity contribution in [3.8, 4) is 5.75 Å². The number of thiazole rings is 1. The van der Waals surface area contributed by atoms with E-state index >= 15 is 0 Å². The fourth-order valence-corrected chi connectivity index (χ4v) is 3.22. The smallest absolute Gasteiger partial charge is 0.231 e. The van der Waals surface area contributed by atoms with E-state index in [4.69, 9.17) is 4.74 Å². The first-order chi connectivity index (χ1) is 11.1. The minimum Gasteiger partial charge on any atom is -0.497 e. The first-order valence-corrected chi connectivity index (χ1v) is 8.12. The van der Waals surface area contributed by atoms with Crippen molar-refractivity contribution in [1.82, 2.24) is 4.98 Å². The van der Waals surface area contributed by atoms with E-state index in [1.807, 2.05) is 30.5 Å². The molecule has 0 saturated carbocycles. The molecule has 0 spiro atoms. The molecule has 1 aromatic carbocycles. The van der Waals surface area contributed by atoms with Gasteiger partial charge in [0, 0.05) is 30.1 Å². The van der Waals surface area contributed by atoms with Crippen LogP contribution >= 0.6 is 11.3 Å². The van der Waals surface area contributed by atoms with Crippen LogP contribution in [0.4, 0.5) is 10.8 Å². The number of nitrogens with zero attached hydrogens (tertiary/aromatic N) is 2. The van der Waals surface area contributed by atoms with Crippen LogP contribution in [0.1, 0.15) is 12.1 Å². The number of hydrogen-bond acceptors (Lipinski definition) is 5. The molecule has 1 N–H and O–H groups in total. The third-order valence-corrected chi connectivity index (χ3v) is 4.59. The van der Waals surface area contributed by atoms with Crippen LogP contribution in [0.3, 0.4) is 0 Å². The third-order valence-electron chi connectivity index (χ3n) is 3.71. The van der Waals surface area contributed by atoms with Crippen molar-refractivity contribution in [2.75, 3.05) is 23.9 Å². The minimum absolute atomic E-state index is 0.0614. The summed E-state index contributed by atoms with van der Waals surface area (Å²) in [6.45, 7) is 2.23. The Morgan fingerprint density at radius 2 is 2.30 bits per heavy atom. The molecule has 3 rings (SSSR count). The van der Waals surface area contributed by atoms with E-state index in [0.29, 0.717) is 17.4 Å². The monoisotopic (exact) mass is 331 g/mol. The van der Waals surface area contributed by atoms with Gasteiger partial charge in [0.1, 0.15) is 5.75 Å². The predicted molar refractivity (Wildman–Crippen MR) is 88.9 cm³/mol. The van der Waals surface area contributed by atoms with E-state index in [-0.39, 0.29) is 24.2 Å². The molecule has 1 aliphatic rings.